The van der Waals surface area contributed by atoms with Crippen molar-refractivity contribution in [2.75, 3.05) is 19.0 Å². The highest BCUT2D eigenvalue weighted by atomic mass is 16.5. The zero-order valence-electron chi connectivity index (χ0n) is 14.8. The molecular weight excluding hydrogens is 322 g/mol. The molecule has 0 aliphatic heterocycles. The first-order chi connectivity index (χ1) is 11.8. The average molecular weight is 347 g/mol. The van der Waals surface area contributed by atoms with Crippen molar-refractivity contribution < 1.29 is 19.4 Å². The molecule has 1 heterocycles. The summed E-state index contributed by atoms with van der Waals surface area (Å²) in [6.07, 6.45) is 2.35. The average Bonchev–Trinajstić information content (AvgIpc) is 2.93. The highest BCUT2D eigenvalue weighted by Crippen LogP contribution is 2.21. The number of carbonyl (C=O) groups is 2. The zero-order chi connectivity index (χ0) is 18.4. The number of ether oxygens (including phenoxy) is 1. The van der Waals surface area contributed by atoms with E-state index in [0.29, 0.717) is 18.7 Å². The number of aromatic nitrogens is 1. The normalized spacial score (nSPS) is 11.5. The van der Waals surface area contributed by atoms with Gasteiger partial charge in [0.2, 0.25) is 0 Å². The maximum atomic E-state index is 12.2. The summed E-state index contributed by atoms with van der Waals surface area (Å²) >= 11 is 0. The number of rotatable bonds is 8. The molecule has 25 heavy (non-hydrogen) atoms. The van der Waals surface area contributed by atoms with Crippen LogP contribution < -0.4 is 10.6 Å². The van der Waals surface area contributed by atoms with Gasteiger partial charge >= 0.3 is 12.0 Å². The minimum absolute atomic E-state index is 0.00620. The molecule has 7 heteroatoms. The summed E-state index contributed by atoms with van der Waals surface area (Å²) in [4.78, 5) is 22.9. The monoisotopic (exact) mass is 347 g/mol. The molecule has 3 N–H and O–H groups in total. The Bertz CT molecular complexity index is 752. The van der Waals surface area contributed by atoms with Crippen LogP contribution in [0.15, 0.2) is 30.5 Å². The third kappa shape index (κ3) is 5.49. The minimum Gasteiger partial charge on any atom is -0.481 e. The third-order valence-electron chi connectivity index (χ3n) is 3.98. The van der Waals surface area contributed by atoms with Gasteiger partial charge in [0.25, 0.3) is 0 Å². The van der Waals surface area contributed by atoms with E-state index in [1.165, 1.54) is 0 Å². The molecular formula is C18H25N3O4. The quantitative estimate of drug-likeness (QED) is 0.684. The van der Waals surface area contributed by atoms with Crippen molar-refractivity contribution in [3.05, 3.63) is 30.5 Å². The second-order valence-corrected chi connectivity index (χ2v) is 6.63. The molecule has 0 spiro atoms. The van der Waals surface area contributed by atoms with E-state index in [1.54, 1.807) is 21.0 Å². The Labute approximate surface area is 147 Å². The highest BCUT2D eigenvalue weighted by Gasteiger charge is 2.21. The number of nitrogens with zero attached hydrogens (tertiary/aromatic N) is 1. The lowest BCUT2D eigenvalue weighted by Gasteiger charge is -2.25. The molecule has 0 unspecified atom stereocenters. The van der Waals surface area contributed by atoms with Gasteiger partial charge in [-0.25, -0.2) is 4.79 Å². The Morgan fingerprint density at radius 1 is 1.28 bits per heavy atom. The molecule has 0 atom stereocenters. The first kappa shape index (κ1) is 18.8. The summed E-state index contributed by atoms with van der Waals surface area (Å²) in [6, 6.07) is 7.36. The number of aliphatic carboxylic acids is 1. The fourth-order valence-electron chi connectivity index (χ4n) is 2.60. The first-order valence-electron chi connectivity index (χ1n) is 8.19. The number of hydrogen-bond donors (Lipinski definition) is 3. The van der Waals surface area contributed by atoms with Gasteiger partial charge in [-0.2, -0.15) is 0 Å². The molecule has 0 aliphatic rings. The number of benzene rings is 1. The van der Waals surface area contributed by atoms with E-state index in [0.717, 1.165) is 17.4 Å². The third-order valence-corrected chi connectivity index (χ3v) is 3.98. The Balaban J connectivity index is 2.03. The molecule has 1 aromatic carbocycles. The number of methoxy groups -OCH3 is 1. The van der Waals surface area contributed by atoms with Gasteiger partial charge in [-0.3, -0.25) is 4.79 Å². The molecule has 7 nitrogen and oxygen atoms in total. The fourth-order valence-corrected chi connectivity index (χ4v) is 2.60. The molecule has 1 aromatic heterocycles. The Hall–Kier alpha value is -2.54. The molecule has 0 bridgehead atoms. The number of amides is 2. The van der Waals surface area contributed by atoms with E-state index < -0.39 is 11.5 Å². The summed E-state index contributed by atoms with van der Waals surface area (Å²) < 4.78 is 7.18. The van der Waals surface area contributed by atoms with E-state index in [-0.39, 0.29) is 12.5 Å². The summed E-state index contributed by atoms with van der Waals surface area (Å²) in [7, 11) is 1.66. The standard InChI is InChI=1S/C18H25N3O4/c1-18(2,8-6-16(22)23)20-17(24)19-14-5-4-13-7-9-21(10-11-25-3)15(13)12-14/h4-5,7,9,12H,6,8,10-11H2,1-3H3,(H,22,23)(H2,19,20,24). The summed E-state index contributed by atoms with van der Waals surface area (Å²) in [5, 5.41) is 15.5. The topological polar surface area (TPSA) is 92.6 Å². The van der Waals surface area contributed by atoms with E-state index in [2.05, 4.69) is 15.2 Å². The van der Waals surface area contributed by atoms with Gasteiger partial charge in [0.05, 0.1) is 12.1 Å². The van der Waals surface area contributed by atoms with Crippen LogP contribution >= 0.6 is 0 Å². The van der Waals surface area contributed by atoms with Crippen molar-refractivity contribution in [3.8, 4) is 0 Å². The van der Waals surface area contributed by atoms with Gasteiger partial charge in [-0.1, -0.05) is 6.07 Å². The molecule has 0 saturated heterocycles. The van der Waals surface area contributed by atoms with E-state index in [4.69, 9.17) is 9.84 Å². The lowest BCUT2D eigenvalue weighted by molar-refractivity contribution is -0.137. The largest absolute Gasteiger partial charge is 0.481 e. The predicted octanol–water partition coefficient (Wildman–Crippen LogP) is 3.05. The van der Waals surface area contributed by atoms with Crippen LogP contribution in [0.2, 0.25) is 0 Å². The highest BCUT2D eigenvalue weighted by molar-refractivity contribution is 5.93. The van der Waals surface area contributed by atoms with Gasteiger partial charge < -0.3 is 25.0 Å². The number of urea groups is 1. The van der Waals surface area contributed by atoms with E-state index >= 15 is 0 Å². The number of hydrogen-bond acceptors (Lipinski definition) is 3. The Morgan fingerprint density at radius 2 is 2.04 bits per heavy atom. The Kier molecular flexibility index (Phi) is 6.03. The van der Waals surface area contributed by atoms with Crippen molar-refractivity contribution in [2.45, 2.75) is 38.8 Å². The van der Waals surface area contributed by atoms with Crippen LogP contribution in [0.25, 0.3) is 10.9 Å². The van der Waals surface area contributed by atoms with Crippen molar-refractivity contribution in [2.24, 2.45) is 0 Å². The molecule has 136 valence electrons. The Morgan fingerprint density at radius 3 is 2.72 bits per heavy atom. The number of nitrogens with one attached hydrogen (secondary N) is 2. The van der Waals surface area contributed by atoms with Crippen LogP contribution in [-0.2, 0) is 16.1 Å². The molecule has 2 amide bonds. The van der Waals surface area contributed by atoms with E-state index in [1.807, 2.05) is 30.5 Å². The number of fused-ring (bicyclic) bond motifs is 1. The van der Waals surface area contributed by atoms with Crippen molar-refractivity contribution in [3.63, 3.8) is 0 Å². The summed E-state index contributed by atoms with van der Waals surface area (Å²) in [6.45, 7) is 4.95. The lowest BCUT2D eigenvalue weighted by atomic mass is 9.99. The summed E-state index contributed by atoms with van der Waals surface area (Å²) in [5.74, 6) is -0.877. The van der Waals surface area contributed by atoms with Gasteiger partial charge in [0.15, 0.2) is 0 Å². The minimum atomic E-state index is -0.877. The zero-order valence-corrected chi connectivity index (χ0v) is 14.8. The van der Waals surface area contributed by atoms with Crippen LogP contribution in [0, 0.1) is 0 Å². The van der Waals surface area contributed by atoms with Gasteiger partial charge in [-0.05, 0) is 43.9 Å². The second-order valence-electron chi connectivity index (χ2n) is 6.63. The molecule has 0 saturated carbocycles. The smallest absolute Gasteiger partial charge is 0.319 e. The number of anilines is 1. The van der Waals surface area contributed by atoms with Crippen LogP contribution in [-0.4, -0.2) is 40.9 Å². The SMILES string of the molecule is COCCn1ccc2ccc(NC(=O)NC(C)(C)CCC(=O)O)cc21. The van der Waals surface area contributed by atoms with Gasteiger partial charge in [0, 0.05) is 37.5 Å². The number of carbonyl (C=O) groups excluding carboxylic acids is 1. The number of carboxylic acid groups (broad SMARTS) is 1. The van der Waals surface area contributed by atoms with Crippen molar-refractivity contribution >= 4 is 28.6 Å². The van der Waals surface area contributed by atoms with Gasteiger partial charge in [0.1, 0.15) is 0 Å². The molecule has 2 aromatic rings. The summed E-state index contributed by atoms with van der Waals surface area (Å²) in [5.41, 5.74) is 1.09. The van der Waals surface area contributed by atoms with Crippen LogP contribution in [0.5, 0.6) is 0 Å². The maximum absolute atomic E-state index is 12.2. The lowest BCUT2D eigenvalue weighted by Crippen LogP contribution is -2.45. The maximum Gasteiger partial charge on any atom is 0.319 e. The fraction of sp³-hybridized carbons (Fsp3) is 0.444. The molecule has 0 aliphatic carbocycles. The van der Waals surface area contributed by atoms with Crippen LogP contribution in [0.1, 0.15) is 26.7 Å². The predicted molar refractivity (Wildman–Crippen MR) is 96.9 cm³/mol. The van der Waals surface area contributed by atoms with E-state index in [9.17, 15) is 9.59 Å². The van der Waals surface area contributed by atoms with Gasteiger partial charge in [-0.15, -0.1) is 0 Å². The van der Waals surface area contributed by atoms with Crippen LogP contribution in [0.3, 0.4) is 0 Å². The second kappa shape index (κ2) is 8.02. The van der Waals surface area contributed by atoms with Crippen LogP contribution in [0.4, 0.5) is 10.5 Å². The molecule has 0 radical (unpaired) electrons. The van der Waals surface area contributed by atoms with Crippen molar-refractivity contribution in [1.82, 2.24) is 9.88 Å². The molecule has 0 fully saturated rings. The number of carboxylic acids is 1. The first-order valence-corrected chi connectivity index (χ1v) is 8.19. The molecule has 2 rings (SSSR count). The van der Waals surface area contributed by atoms with Crippen molar-refractivity contribution in [1.29, 1.82) is 0 Å².